The van der Waals surface area contributed by atoms with Crippen LogP contribution < -0.4 is 23.7 Å². The standard InChI is InChI=1S/C22H22O8/c1-25-16-4-10(5-17(26-2)21(16)27-3)18-11-6-14-15(30-9-29-14)7-12(11)20(23)13-8-28-22(24)19(13)18/h4-7,13,18-20,23H,8-9H2,1-3H3/t13-,18+,19+,20+/m0/s1. The van der Waals surface area contributed by atoms with Crippen molar-refractivity contribution >= 4 is 5.97 Å². The fourth-order valence-electron chi connectivity index (χ4n) is 4.81. The molecule has 1 fully saturated rings. The normalized spacial score (nSPS) is 25.9. The first-order valence-electron chi connectivity index (χ1n) is 9.65. The van der Waals surface area contributed by atoms with Gasteiger partial charge in [-0.1, -0.05) is 0 Å². The molecule has 8 nitrogen and oxygen atoms in total. The molecule has 0 spiro atoms. The van der Waals surface area contributed by atoms with Crippen molar-refractivity contribution in [3.63, 3.8) is 0 Å². The van der Waals surface area contributed by atoms with Gasteiger partial charge in [-0.3, -0.25) is 4.79 Å². The number of methoxy groups -OCH3 is 3. The molecule has 5 rings (SSSR count). The van der Waals surface area contributed by atoms with Crippen molar-refractivity contribution < 1.29 is 38.3 Å². The van der Waals surface area contributed by atoms with E-state index in [1.54, 1.807) is 20.3 Å². The molecule has 158 valence electrons. The highest BCUT2D eigenvalue weighted by Crippen LogP contribution is 2.55. The summed E-state index contributed by atoms with van der Waals surface area (Å²) >= 11 is 0. The van der Waals surface area contributed by atoms with E-state index in [0.29, 0.717) is 34.3 Å². The Labute approximate surface area is 173 Å². The third kappa shape index (κ3) is 2.60. The summed E-state index contributed by atoms with van der Waals surface area (Å²) in [6.07, 6.45) is -0.843. The Morgan fingerprint density at radius 2 is 1.53 bits per heavy atom. The monoisotopic (exact) mass is 414 g/mol. The second-order valence-corrected chi connectivity index (χ2v) is 7.54. The fourth-order valence-corrected chi connectivity index (χ4v) is 4.81. The van der Waals surface area contributed by atoms with E-state index < -0.39 is 12.0 Å². The number of carbonyl (C=O) groups is 1. The molecule has 0 saturated carbocycles. The Kier molecular flexibility index (Phi) is 4.39. The van der Waals surface area contributed by atoms with Gasteiger partial charge >= 0.3 is 5.97 Å². The van der Waals surface area contributed by atoms with Crippen LogP contribution in [0.25, 0.3) is 0 Å². The van der Waals surface area contributed by atoms with Crippen LogP contribution in [0.15, 0.2) is 24.3 Å². The van der Waals surface area contributed by atoms with Gasteiger partial charge in [0.1, 0.15) is 0 Å². The van der Waals surface area contributed by atoms with Crippen LogP contribution in [0.4, 0.5) is 0 Å². The quantitative estimate of drug-likeness (QED) is 0.763. The zero-order chi connectivity index (χ0) is 21.0. The molecule has 0 amide bonds. The number of esters is 1. The zero-order valence-corrected chi connectivity index (χ0v) is 16.8. The number of ether oxygens (including phenoxy) is 6. The van der Waals surface area contributed by atoms with Gasteiger partial charge in [0, 0.05) is 11.8 Å². The third-order valence-corrected chi connectivity index (χ3v) is 6.19. The second-order valence-electron chi connectivity index (χ2n) is 7.54. The number of aliphatic hydroxyl groups is 1. The van der Waals surface area contributed by atoms with Gasteiger partial charge in [-0.15, -0.1) is 0 Å². The van der Waals surface area contributed by atoms with Gasteiger partial charge in [0.2, 0.25) is 12.5 Å². The van der Waals surface area contributed by atoms with Gasteiger partial charge in [0.25, 0.3) is 0 Å². The van der Waals surface area contributed by atoms with Crippen LogP contribution in [0, 0.1) is 11.8 Å². The van der Waals surface area contributed by atoms with Crippen LogP contribution in [0.2, 0.25) is 0 Å². The Morgan fingerprint density at radius 3 is 2.13 bits per heavy atom. The predicted molar refractivity (Wildman–Crippen MR) is 103 cm³/mol. The van der Waals surface area contributed by atoms with Crippen LogP contribution in [0.3, 0.4) is 0 Å². The van der Waals surface area contributed by atoms with Crippen molar-refractivity contribution in [2.24, 2.45) is 11.8 Å². The number of hydrogen-bond acceptors (Lipinski definition) is 8. The number of benzene rings is 2. The second kappa shape index (κ2) is 6.98. The average molecular weight is 414 g/mol. The molecule has 30 heavy (non-hydrogen) atoms. The van der Waals surface area contributed by atoms with Gasteiger partial charge in [-0.2, -0.15) is 0 Å². The first-order valence-corrected chi connectivity index (χ1v) is 9.65. The summed E-state index contributed by atoms with van der Waals surface area (Å²) < 4.78 is 32.9. The number of carbonyl (C=O) groups excluding carboxylic acids is 1. The minimum atomic E-state index is -0.843. The van der Waals surface area contributed by atoms with Gasteiger partial charge in [-0.25, -0.2) is 0 Å². The molecule has 1 saturated heterocycles. The van der Waals surface area contributed by atoms with Crippen LogP contribution in [-0.4, -0.2) is 45.8 Å². The molecule has 0 aromatic heterocycles. The molecule has 1 aliphatic carbocycles. The minimum absolute atomic E-state index is 0.123. The van der Waals surface area contributed by atoms with E-state index in [1.165, 1.54) is 7.11 Å². The van der Waals surface area contributed by atoms with Gasteiger partial charge in [-0.05, 0) is 41.0 Å². The summed E-state index contributed by atoms with van der Waals surface area (Å²) in [5.74, 6) is 0.989. The van der Waals surface area contributed by atoms with Gasteiger partial charge in [0.15, 0.2) is 23.0 Å². The molecule has 4 atom stereocenters. The van der Waals surface area contributed by atoms with Crippen LogP contribution in [0.1, 0.15) is 28.7 Å². The van der Waals surface area contributed by atoms with E-state index in [-0.39, 0.29) is 31.2 Å². The molecule has 2 aromatic rings. The highest BCUT2D eigenvalue weighted by Gasteiger charge is 2.52. The number of cyclic esters (lactones) is 1. The molecule has 2 heterocycles. The largest absolute Gasteiger partial charge is 0.493 e. The maximum Gasteiger partial charge on any atom is 0.310 e. The van der Waals surface area contributed by atoms with Crippen molar-refractivity contribution in [2.45, 2.75) is 12.0 Å². The summed E-state index contributed by atoms with van der Waals surface area (Å²) in [5, 5.41) is 11.0. The van der Waals surface area contributed by atoms with E-state index in [2.05, 4.69) is 0 Å². The van der Waals surface area contributed by atoms with Gasteiger partial charge < -0.3 is 33.5 Å². The molecule has 3 aliphatic rings. The van der Waals surface area contributed by atoms with Crippen molar-refractivity contribution in [3.8, 4) is 28.7 Å². The Morgan fingerprint density at radius 1 is 0.900 bits per heavy atom. The number of aliphatic hydroxyl groups excluding tert-OH is 1. The lowest BCUT2D eigenvalue weighted by atomic mass is 9.66. The number of rotatable bonds is 4. The maximum absolute atomic E-state index is 12.7. The minimum Gasteiger partial charge on any atom is -0.493 e. The topological polar surface area (TPSA) is 92.7 Å². The molecule has 2 aliphatic heterocycles. The van der Waals surface area contributed by atoms with Gasteiger partial charge in [0.05, 0.1) is 40.0 Å². The van der Waals surface area contributed by atoms with E-state index in [0.717, 1.165) is 11.1 Å². The Balaban J connectivity index is 1.74. The van der Waals surface area contributed by atoms with Crippen molar-refractivity contribution in [3.05, 3.63) is 41.0 Å². The molecule has 0 bridgehead atoms. The highest BCUT2D eigenvalue weighted by atomic mass is 16.7. The van der Waals surface area contributed by atoms with Crippen molar-refractivity contribution in [1.82, 2.24) is 0 Å². The zero-order valence-electron chi connectivity index (χ0n) is 16.8. The van der Waals surface area contributed by atoms with Crippen molar-refractivity contribution in [1.29, 1.82) is 0 Å². The Hall–Kier alpha value is -3.13. The SMILES string of the molecule is COc1cc([C@@H]2c3cc4c(cc3[C@@H](O)[C@H]3COC(=O)[C@@H]23)OCO4)cc(OC)c1OC. The summed E-state index contributed by atoms with van der Waals surface area (Å²) in [7, 11) is 4.63. The van der Waals surface area contributed by atoms with Crippen molar-refractivity contribution in [2.75, 3.05) is 34.7 Å². The van der Waals surface area contributed by atoms with E-state index in [1.807, 2.05) is 18.2 Å². The van der Waals surface area contributed by atoms with E-state index in [9.17, 15) is 9.90 Å². The average Bonchev–Trinajstić information content (AvgIpc) is 3.38. The molecule has 1 N–H and O–H groups in total. The predicted octanol–water partition coefficient (Wildman–Crippen LogP) is 2.41. The molecule has 0 radical (unpaired) electrons. The van der Waals surface area contributed by atoms with E-state index in [4.69, 9.17) is 28.4 Å². The number of fused-ring (bicyclic) bond motifs is 3. The van der Waals surface area contributed by atoms with Crippen LogP contribution in [-0.2, 0) is 9.53 Å². The fraction of sp³-hybridized carbons (Fsp3) is 0.409. The number of hydrogen-bond donors (Lipinski definition) is 1. The summed E-state index contributed by atoms with van der Waals surface area (Å²) in [6.45, 7) is 0.289. The van der Waals surface area contributed by atoms with Crippen LogP contribution in [0.5, 0.6) is 28.7 Å². The summed E-state index contributed by atoms with van der Waals surface area (Å²) in [5.41, 5.74) is 2.30. The maximum atomic E-state index is 12.7. The highest BCUT2D eigenvalue weighted by molar-refractivity contribution is 5.79. The first kappa shape index (κ1) is 18.9. The lowest BCUT2D eigenvalue weighted by Crippen LogP contribution is -2.34. The first-order chi connectivity index (χ1) is 14.6. The molecule has 2 aromatic carbocycles. The molecule has 0 unspecified atom stereocenters. The lowest BCUT2D eigenvalue weighted by molar-refractivity contribution is -0.141. The lowest BCUT2D eigenvalue weighted by Gasteiger charge is -2.37. The summed E-state index contributed by atoms with van der Waals surface area (Å²) in [6, 6.07) is 7.31. The van der Waals surface area contributed by atoms with E-state index >= 15 is 0 Å². The smallest absolute Gasteiger partial charge is 0.310 e. The molecular weight excluding hydrogens is 392 g/mol. The molecule has 8 heteroatoms. The van der Waals surface area contributed by atoms with Crippen LogP contribution >= 0.6 is 0 Å². The summed E-state index contributed by atoms with van der Waals surface area (Å²) in [4.78, 5) is 12.7. The Bertz CT molecular complexity index is 991. The third-order valence-electron chi connectivity index (χ3n) is 6.19. The molecular formula is C22H22O8.